The van der Waals surface area contributed by atoms with Gasteiger partial charge in [-0.15, -0.1) is 0 Å². The maximum Gasteiger partial charge on any atom is 0.0770 e. The first kappa shape index (κ1) is 11.0. The van der Waals surface area contributed by atoms with Gasteiger partial charge in [0.05, 0.1) is 6.10 Å². The van der Waals surface area contributed by atoms with Gasteiger partial charge in [0.1, 0.15) is 0 Å². The largest absolute Gasteiger partial charge is 0.391 e. The quantitative estimate of drug-likeness (QED) is 0.754. The summed E-state index contributed by atoms with van der Waals surface area (Å²) >= 11 is 0. The summed E-state index contributed by atoms with van der Waals surface area (Å²) < 4.78 is 0. The van der Waals surface area contributed by atoms with Crippen molar-refractivity contribution in [3.8, 4) is 0 Å². The summed E-state index contributed by atoms with van der Waals surface area (Å²) in [6.07, 6.45) is 7.68. The van der Waals surface area contributed by atoms with Crippen molar-refractivity contribution in [3.63, 3.8) is 0 Å². The normalized spacial score (nSPS) is 48.4. The number of aliphatic hydroxyl groups excluding tert-OH is 1. The van der Waals surface area contributed by atoms with Crippen molar-refractivity contribution in [2.75, 3.05) is 0 Å². The Morgan fingerprint density at radius 2 is 1.44 bits per heavy atom. The molecular formula is C14H25NO. The van der Waals surface area contributed by atoms with Crippen LogP contribution in [0.15, 0.2) is 0 Å². The zero-order chi connectivity index (χ0) is 11.6. The van der Waals surface area contributed by atoms with Gasteiger partial charge in [0.25, 0.3) is 0 Å². The summed E-state index contributed by atoms with van der Waals surface area (Å²) in [5.74, 6) is 2.68. The van der Waals surface area contributed by atoms with E-state index in [0.717, 1.165) is 17.8 Å². The van der Waals surface area contributed by atoms with Gasteiger partial charge in [-0.25, -0.2) is 0 Å². The Morgan fingerprint density at radius 3 is 1.75 bits per heavy atom. The lowest BCUT2D eigenvalue weighted by atomic mass is 9.47. The van der Waals surface area contributed by atoms with Crippen molar-refractivity contribution in [2.24, 2.45) is 28.9 Å². The van der Waals surface area contributed by atoms with Crippen LogP contribution in [0.1, 0.15) is 52.4 Å². The number of rotatable bonds is 2. The van der Waals surface area contributed by atoms with Crippen LogP contribution in [0.25, 0.3) is 0 Å². The second-order valence-electron chi connectivity index (χ2n) is 7.50. The van der Waals surface area contributed by atoms with Crippen molar-refractivity contribution >= 4 is 0 Å². The molecule has 0 heterocycles. The summed E-state index contributed by atoms with van der Waals surface area (Å²) in [6.45, 7) is 3.96. The second-order valence-corrected chi connectivity index (χ2v) is 7.50. The van der Waals surface area contributed by atoms with Crippen LogP contribution >= 0.6 is 0 Å². The number of nitrogens with two attached hydrogens (primary N) is 1. The lowest BCUT2D eigenvalue weighted by Gasteiger charge is -2.60. The molecule has 1 atom stereocenters. The van der Waals surface area contributed by atoms with Gasteiger partial charge >= 0.3 is 0 Å². The van der Waals surface area contributed by atoms with E-state index in [0.29, 0.717) is 0 Å². The van der Waals surface area contributed by atoms with Crippen molar-refractivity contribution in [1.29, 1.82) is 0 Å². The molecule has 4 rings (SSSR count). The molecule has 4 bridgehead atoms. The molecule has 0 aliphatic heterocycles. The number of hydrogen-bond donors (Lipinski definition) is 2. The Morgan fingerprint density at radius 1 is 1.06 bits per heavy atom. The standard InChI is InChI=1S/C14H25NO/c1-13(2,15)12(16)14-6-9-3-10(7-14)5-11(4-9)8-14/h9-12,16H,3-8,15H2,1-2H3. The topological polar surface area (TPSA) is 46.2 Å². The molecule has 0 saturated heterocycles. The van der Waals surface area contributed by atoms with Crippen LogP contribution in [0.4, 0.5) is 0 Å². The van der Waals surface area contributed by atoms with Crippen molar-refractivity contribution in [2.45, 2.75) is 64.0 Å². The summed E-state index contributed by atoms with van der Waals surface area (Å²) in [7, 11) is 0. The average molecular weight is 223 g/mol. The minimum absolute atomic E-state index is 0.174. The molecule has 4 saturated carbocycles. The molecule has 2 nitrogen and oxygen atoms in total. The van der Waals surface area contributed by atoms with E-state index in [1.165, 1.54) is 38.5 Å². The fourth-order valence-electron chi connectivity index (χ4n) is 5.30. The molecule has 0 aromatic heterocycles. The highest BCUT2D eigenvalue weighted by molar-refractivity contribution is 5.08. The Bertz CT molecular complexity index is 256. The first-order chi connectivity index (χ1) is 7.39. The highest BCUT2D eigenvalue weighted by atomic mass is 16.3. The molecule has 0 amide bonds. The van der Waals surface area contributed by atoms with E-state index >= 15 is 0 Å². The van der Waals surface area contributed by atoms with Gasteiger partial charge in [0, 0.05) is 5.54 Å². The molecular weight excluding hydrogens is 198 g/mol. The average Bonchev–Trinajstić information content (AvgIpc) is 2.12. The van der Waals surface area contributed by atoms with Crippen LogP contribution in [-0.2, 0) is 0 Å². The van der Waals surface area contributed by atoms with E-state index in [2.05, 4.69) is 0 Å². The third kappa shape index (κ3) is 1.53. The first-order valence-electron chi connectivity index (χ1n) is 6.86. The highest BCUT2D eigenvalue weighted by Gasteiger charge is 2.56. The van der Waals surface area contributed by atoms with E-state index in [1.54, 1.807) is 0 Å². The van der Waals surface area contributed by atoms with Gasteiger partial charge < -0.3 is 10.8 Å². The van der Waals surface area contributed by atoms with Crippen LogP contribution in [0.3, 0.4) is 0 Å². The minimum atomic E-state index is -0.439. The predicted octanol–water partition coefficient (Wildman–Crippen LogP) is 2.30. The fourth-order valence-corrected chi connectivity index (χ4v) is 5.30. The molecule has 0 radical (unpaired) electrons. The van der Waals surface area contributed by atoms with Gasteiger partial charge in [-0.3, -0.25) is 0 Å². The van der Waals surface area contributed by atoms with E-state index in [-0.39, 0.29) is 11.5 Å². The number of aliphatic hydroxyl groups is 1. The zero-order valence-corrected chi connectivity index (χ0v) is 10.6. The van der Waals surface area contributed by atoms with Crippen molar-refractivity contribution < 1.29 is 5.11 Å². The first-order valence-corrected chi connectivity index (χ1v) is 6.86. The van der Waals surface area contributed by atoms with Crippen molar-refractivity contribution in [3.05, 3.63) is 0 Å². The van der Waals surface area contributed by atoms with Gasteiger partial charge in [0.15, 0.2) is 0 Å². The fraction of sp³-hybridized carbons (Fsp3) is 1.00. The van der Waals surface area contributed by atoms with Crippen LogP contribution in [0.2, 0.25) is 0 Å². The Kier molecular flexibility index (Phi) is 2.23. The second kappa shape index (κ2) is 3.23. The Hall–Kier alpha value is -0.0800. The molecule has 4 aliphatic rings. The SMILES string of the molecule is CC(C)(N)C(O)C12CC3CC(CC(C3)C1)C2. The van der Waals surface area contributed by atoms with Gasteiger partial charge in [-0.05, 0) is 75.5 Å². The third-order valence-electron chi connectivity index (χ3n) is 5.37. The monoisotopic (exact) mass is 223 g/mol. The molecule has 0 aromatic carbocycles. The van der Waals surface area contributed by atoms with Crippen LogP contribution < -0.4 is 5.73 Å². The van der Waals surface area contributed by atoms with Gasteiger partial charge in [-0.1, -0.05) is 0 Å². The third-order valence-corrected chi connectivity index (χ3v) is 5.37. The zero-order valence-electron chi connectivity index (χ0n) is 10.6. The van der Waals surface area contributed by atoms with Crippen LogP contribution in [0, 0.1) is 23.2 Å². The molecule has 16 heavy (non-hydrogen) atoms. The molecule has 3 N–H and O–H groups in total. The van der Waals surface area contributed by atoms with Crippen molar-refractivity contribution in [1.82, 2.24) is 0 Å². The minimum Gasteiger partial charge on any atom is -0.391 e. The molecule has 0 aromatic rings. The highest BCUT2D eigenvalue weighted by Crippen LogP contribution is 2.62. The molecule has 2 heteroatoms. The van der Waals surface area contributed by atoms with Gasteiger partial charge in [-0.2, -0.15) is 0 Å². The van der Waals surface area contributed by atoms with Gasteiger partial charge in [0.2, 0.25) is 0 Å². The molecule has 92 valence electrons. The lowest BCUT2D eigenvalue weighted by molar-refractivity contribution is -0.138. The predicted molar refractivity (Wildman–Crippen MR) is 64.9 cm³/mol. The van der Waals surface area contributed by atoms with E-state index < -0.39 is 5.54 Å². The summed E-state index contributed by atoms with van der Waals surface area (Å²) in [5.41, 5.74) is 5.89. The molecule has 1 unspecified atom stereocenters. The lowest BCUT2D eigenvalue weighted by Crippen LogP contribution is -2.60. The summed E-state index contributed by atoms with van der Waals surface area (Å²) in [4.78, 5) is 0. The van der Waals surface area contributed by atoms with Crippen LogP contribution in [-0.4, -0.2) is 16.7 Å². The Balaban J connectivity index is 1.88. The van der Waals surface area contributed by atoms with E-state index in [9.17, 15) is 5.11 Å². The summed E-state index contributed by atoms with van der Waals surface area (Å²) in [6, 6.07) is 0. The molecule has 4 fully saturated rings. The Labute approximate surface area is 98.6 Å². The number of hydrogen-bond acceptors (Lipinski definition) is 2. The maximum atomic E-state index is 10.6. The van der Waals surface area contributed by atoms with Crippen LogP contribution in [0.5, 0.6) is 0 Å². The van der Waals surface area contributed by atoms with E-state index in [1.807, 2.05) is 13.8 Å². The molecule has 4 aliphatic carbocycles. The van der Waals surface area contributed by atoms with E-state index in [4.69, 9.17) is 5.73 Å². The summed E-state index contributed by atoms with van der Waals surface area (Å²) in [5, 5.41) is 10.6. The maximum absolute atomic E-state index is 10.6. The smallest absolute Gasteiger partial charge is 0.0770 e. The molecule has 0 spiro atoms.